The molecule has 0 unspecified atom stereocenters. The summed E-state index contributed by atoms with van der Waals surface area (Å²) < 4.78 is 0. The molecule has 1 aliphatic heterocycles. The van der Waals surface area contributed by atoms with Crippen molar-refractivity contribution in [2.24, 2.45) is 10.5 Å². The van der Waals surface area contributed by atoms with Crippen molar-refractivity contribution in [2.45, 2.75) is 59.3 Å². The predicted molar refractivity (Wildman–Crippen MR) is 92.1 cm³/mol. The van der Waals surface area contributed by atoms with Gasteiger partial charge < -0.3 is 0 Å². The molecule has 2 rings (SSSR count). The van der Waals surface area contributed by atoms with E-state index in [-0.39, 0.29) is 5.41 Å². The zero-order chi connectivity index (χ0) is 15.1. The van der Waals surface area contributed by atoms with Gasteiger partial charge >= 0.3 is 0 Å². The molecule has 0 aromatic heterocycles. The van der Waals surface area contributed by atoms with Crippen LogP contribution in [0.4, 0.5) is 0 Å². The van der Waals surface area contributed by atoms with Gasteiger partial charge in [-0.25, -0.2) is 0 Å². The predicted octanol–water partition coefficient (Wildman–Crippen LogP) is 5.37. The van der Waals surface area contributed by atoms with Gasteiger partial charge in [0.2, 0.25) is 0 Å². The molecular formula is C19H28N2. The van der Waals surface area contributed by atoms with E-state index < -0.39 is 0 Å². The normalized spacial score (nSPS) is 21.5. The molecule has 1 aromatic rings. The maximum Gasteiger partial charge on any atom is 0.0603 e. The van der Waals surface area contributed by atoms with Crippen molar-refractivity contribution in [3.63, 3.8) is 0 Å². The molecule has 0 fully saturated rings. The molecule has 114 valence electrons. The Morgan fingerprint density at radius 2 is 1.76 bits per heavy atom. The van der Waals surface area contributed by atoms with Gasteiger partial charge in [-0.05, 0) is 30.9 Å². The number of hydrogen-bond acceptors (Lipinski definition) is 2. The van der Waals surface area contributed by atoms with E-state index in [2.05, 4.69) is 62.6 Å². The molecule has 0 radical (unpaired) electrons. The van der Waals surface area contributed by atoms with Crippen molar-refractivity contribution >= 4 is 11.4 Å². The Bertz CT molecular complexity index is 502. The quantitative estimate of drug-likeness (QED) is 0.715. The fourth-order valence-corrected chi connectivity index (χ4v) is 2.90. The monoisotopic (exact) mass is 284 g/mol. The van der Waals surface area contributed by atoms with Gasteiger partial charge in [-0.15, -0.1) is 0 Å². The minimum absolute atomic E-state index is 0.0988. The molecule has 0 amide bonds. The van der Waals surface area contributed by atoms with E-state index >= 15 is 0 Å². The first-order chi connectivity index (χ1) is 10.2. The van der Waals surface area contributed by atoms with Crippen molar-refractivity contribution in [3.8, 4) is 0 Å². The van der Waals surface area contributed by atoms with Crippen molar-refractivity contribution < 1.29 is 0 Å². The van der Waals surface area contributed by atoms with Gasteiger partial charge in [-0.3, -0.25) is 5.43 Å². The molecule has 0 saturated heterocycles. The van der Waals surface area contributed by atoms with Crippen molar-refractivity contribution in [3.05, 3.63) is 42.0 Å². The lowest BCUT2D eigenvalue weighted by Crippen LogP contribution is -2.32. The molecular weight excluding hydrogens is 256 g/mol. The summed E-state index contributed by atoms with van der Waals surface area (Å²) in [5.41, 5.74) is 7.06. The Hall–Kier alpha value is -1.57. The van der Waals surface area contributed by atoms with Crippen LogP contribution in [0.2, 0.25) is 0 Å². The topological polar surface area (TPSA) is 24.4 Å². The molecule has 1 aromatic carbocycles. The highest BCUT2D eigenvalue weighted by molar-refractivity contribution is 5.94. The first kappa shape index (κ1) is 15.8. The zero-order valence-electron chi connectivity index (χ0n) is 13.7. The Kier molecular flexibility index (Phi) is 5.60. The number of unbranched alkanes of at least 4 members (excludes halogenated alkanes) is 2. The van der Waals surface area contributed by atoms with E-state index in [4.69, 9.17) is 5.10 Å². The van der Waals surface area contributed by atoms with Gasteiger partial charge in [0.15, 0.2) is 0 Å². The molecule has 1 atom stereocenters. The molecule has 1 N–H and O–H groups in total. The standard InChI is InChI=1S/C19H28N2/c1-4-6-13-18-19(3,14-7-5-2)15-17(20-21-18)16-11-9-8-10-12-16/h8-12,15,20H,4-7,13-14H2,1-3H3/t19-/m0/s1. The second-order valence-electron chi connectivity index (χ2n) is 6.22. The maximum absolute atomic E-state index is 4.73. The fraction of sp³-hybridized carbons (Fsp3) is 0.526. The van der Waals surface area contributed by atoms with Gasteiger partial charge in [0.1, 0.15) is 0 Å². The maximum atomic E-state index is 4.73. The highest BCUT2D eigenvalue weighted by Gasteiger charge is 2.31. The van der Waals surface area contributed by atoms with Crippen LogP contribution in [0, 0.1) is 5.41 Å². The number of nitrogens with zero attached hydrogens (tertiary/aromatic N) is 1. The van der Waals surface area contributed by atoms with Crippen LogP contribution in [0.5, 0.6) is 0 Å². The Morgan fingerprint density at radius 3 is 2.43 bits per heavy atom. The summed E-state index contributed by atoms with van der Waals surface area (Å²) in [6, 6.07) is 10.5. The third-order valence-corrected chi connectivity index (χ3v) is 4.34. The van der Waals surface area contributed by atoms with Crippen LogP contribution in [-0.2, 0) is 0 Å². The molecule has 0 spiro atoms. The van der Waals surface area contributed by atoms with Gasteiger partial charge in [0.25, 0.3) is 0 Å². The molecule has 2 heteroatoms. The highest BCUT2D eigenvalue weighted by atomic mass is 15.3. The summed E-state index contributed by atoms with van der Waals surface area (Å²) in [7, 11) is 0. The second-order valence-corrected chi connectivity index (χ2v) is 6.22. The summed E-state index contributed by atoms with van der Waals surface area (Å²) in [4.78, 5) is 0. The van der Waals surface area contributed by atoms with Crippen LogP contribution >= 0.6 is 0 Å². The van der Waals surface area contributed by atoms with Crippen molar-refractivity contribution in [1.82, 2.24) is 5.43 Å². The first-order valence-electron chi connectivity index (χ1n) is 8.31. The molecule has 2 nitrogen and oxygen atoms in total. The molecule has 21 heavy (non-hydrogen) atoms. The number of hydrazone groups is 1. The van der Waals surface area contributed by atoms with Crippen molar-refractivity contribution in [2.75, 3.05) is 0 Å². The van der Waals surface area contributed by atoms with Gasteiger partial charge in [-0.1, -0.05) is 70.4 Å². The zero-order valence-corrected chi connectivity index (χ0v) is 13.7. The third kappa shape index (κ3) is 3.96. The average Bonchev–Trinajstić information content (AvgIpc) is 2.52. The van der Waals surface area contributed by atoms with E-state index in [0.717, 1.165) is 12.1 Å². The molecule has 1 heterocycles. The summed E-state index contributed by atoms with van der Waals surface area (Å²) in [5, 5.41) is 4.73. The summed E-state index contributed by atoms with van der Waals surface area (Å²) in [6.45, 7) is 6.85. The number of benzene rings is 1. The van der Waals surface area contributed by atoms with E-state index in [1.807, 2.05) is 0 Å². The number of nitrogens with one attached hydrogen (secondary N) is 1. The summed E-state index contributed by atoms with van der Waals surface area (Å²) >= 11 is 0. The molecule has 1 aliphatic rings. The molecule has 0 saturated carbocycles. The minimum Gasteiger partial charge on any atom is -0.278 e. The van der Waals surface area contributed by atoms with Gasteiger partial charge in [-0.2, -0.15) is 5.10 Å². The van der Waals surface area contributed by atoms with Gasteiger partial charge in [0.05, 0.1) is 5.70 Å². The van der Waals surface area contributed by atoms with Gasteiger partial charge in [0, 0.05) is 11.1 Å². The lowest BCUT2D eigenvalue weighted by Gasteiger charge is -2.33. The molecule has 0 bridgehead atoms. The lowest BCUT2D eigenvalue weighted by atomic mass is 9.76. The Morgan fingerprint density at radius 1 is 1.05 bits per heavy atom. The SMILES string of the molecule is CCCCC1=NNC(c2ccccc2)=C[C@]1(C)CCCC. The number of hydrogen-bond donors (Lipinski definition) is 1. The Balaban J connectivity index is 2.24. The fourth-order valence-electron chi connectivity index (χ4n) is 2.90. The van der Waals surface area contributed by atoms with Crippen LogP contribution in [0.1, 0.15) is 64.9 Å². The van der Waals surface area contributed by atoms with Crippen LogP contribution in [-0.4, -0.2) is 5.71 Å². The number of allylic oxidation sites excluding steroid dienone is 1. The summed E-state index contributed by atoms with van der Waals surface area (Å²) in [5.74, 6) is 0. The van der Waals surface area contributed by atoms with E-state index in [1.54, 1.807) is 0 Å². The minimum atomic E-state index is 0.0988. The van der Waals surface area contributed by atoms with Crippen LogP contribution < -0.4 is 5.43 Å². The van der Waals surface area contributed by atoms with Crippen LogP contribution in [0.25, 0.3) is 5.70 Å². The lowest BCUT2D eigenvalue weighted by molar-refractivity contribution is 0.487. The number of rotatable bonds is 7. The smallest absolute Gasteiger partial charge is 0.0603 e. The van der Waals surface area contributed by atoms with E-state index in [9.17, 15) is 0 Å². The van der Waals surface area contributed by atoms with Crippen LogP contribution in [0.15, 0.2) is 41.5 Å². The third-order valence-electron chi connectivity index (χ3n) is 4.34. The highest BCUT2D eigenvalue weighted by Crippen LogP contribution is 2.35. The Labute approximate surface area is 129 Å². The van der Waals surface area contributed by atoms with E-state index in [1.165, 1.54) is 43.4 Å². The van der Waals surface area contributed by atoms with Crippen molar-refractivity contribution in [1.29, 1.82) is 0 Å². The first-order valence-corrected chi connectivity index (χ1v) is 8.31. The molecule has 0 aliphatic carbocycles. The largest absolute Gasteiger partial charge is 0.278 e. The second kappa shape index (κ2) is 7.44. The van der Waals surface area contributed by atoms with Crippen LogP contribution in [0.3, 0.4) is 0 Å². The summed E-state index contributed by atoms with van der Waals surface area (Å²) in [6.07, 6.45) is 9.61. The average molecular weight is 284 g/mol. The van der Waals surface area contributed by atoms with E-state index in [0.29, 0.717) is 0 Å².